The molecule has 1 saturated carbocycles. The topological polar surface area (TPSA) is 58.0 Å². The van der Waals surface area contributed by atoms with Gasteiger partial charge in [0.2, 0.25) is 5.95 Å². The van der Waals surface area contributed by atoms with E-state index in [1.54, 1.807) is 0 Å². The Bertz CT molecular complexity index is 1240. The SMILES string of the molecule is CN(C)c1nc(N[C@H]2CC[C@@H](CNCc3cc4ccccc4n3C)CC2)nc2ccccc12. The second kappa shape index (κ2) is 9.40. The standard InChI is InChI=1S/C27H34N6/c1-32(2)26-23-9-5-6-10-24(23)30-27(31-26)29-21-14-12-19(13-15-21)17-28-18-22-16-20-8-4-7-11-25(20)33(22)3/h4-11,16,19,21,28H,12-15,17-18H2,1-3H3,(H,29,30,31)/t19-,21+. The van der Waals surface area contributed by atoms with E-state index in [2.05, 4.69) is 69.6 Å². The number of hydrogen-bond donors (Lipinski definition) is 2. The van der Waals surface area contributed by atoms with Crippen LogP contribution in [0.5, 0.6) is 0 Å². The van der Waals surface area contributed by atoms with E-state index < -0.39 is 0 Å². The zero-order valence-electron chi connectivity index (χ0n) is 19.9. The molecule has 0 atom stereocenters. The van der Waals surface area contributed by atoms with E-state index in [9.17, 15) is 0 Å². The average molecular weight is 443 g/mol. The first kappa shape index (κ1) is 21.7. The first-order chi connectivity index (χ1) is 16.1. The molecule has 6 nitrogen and oxygen atoms in total. The van der Waals surface area contributed by atoms with Gasteiger partial charge in [-0.15, -0.1) is 0 Å². The van der Waals surface area contributed by atoms with Crippen molar-refractivity contribution in [2.45, 2.75) is 38.3 Å². The highest BCUT2D eigenvalue weighted by Crippen LogP contribution is 2.28. The second-order valence-electron chi connectivity index (χ2n) is 9.53. The van der Waals surface area contributed by atoms with Gasteiger partial charge in [0.25, 0.3) is 0 Å². The summed E-state index contributed by atoms with van der Waals surface area (Å²) in [6.07, 6.45) is 4.78. The van der Waals surface area contributed by atoms with Crippen molar-refractivity contribution in [3.05, 3.63) is 60.3 Å². The van der Waals surface area contributed by atoms with E-state index >= 15 is 0 Å². The first-order valence-corrected chi connectivity index (χ1v) is 12.0. The van der Waals surface area contributed by atoms with Crippen molar-refractivity contribution in [2.24, 2.45) is 13.0 Å². The fraction of sp³-hybridized carbons (Fsp3) is 0.407. The number of anilines is 2. The van der Waals surface area contributed by atoms with Crippen LogP contribution in [0.3, 0.4) is 0 Å². The molecule has 1 aliphatic carbocycles. The molecular weight excluding hydrogens is 408 g/mol. The zero-order valence-corrected chi connectivity index (χ0v) is 19.9. The van der Waals surface area contributed by atoms with Crippen LogP contribution in [-0.2, 0) is 13.6 Å². The number of benzene rings is 2. The van der Waals surface area contributed by atoms with Crippen LogP contribution in [0, 0.1) is 5.92 Å². The van der Waals surface area contributed by atoms with Crippen LogP contribution < -0.4 is 15.5 Å². The lowest BCUT2D eigenvalue weighted by molar-refractivity contribution is 0.323. The minimum atomic E-state index is 0.440. The van der Waals surface area contributed by atoms with Crippen molar-refractivity contribution in [1.29, 1.82) is 0 Å². The fourth-order valence-corrected chi connectivity index (χ4v) is 5.08. The molecule has 5 rings (SSSR count). The number of rotatable bonds is 7. The Hall–Kier alpha value is -3.12. The van der Waals surface area contributed by atoms with Gasteiger partial charge in [-0.05, 0) is 67.8 Å². The summed E-state index contributed by atoms with van der Waals surface area (Å²) in [6, 6.07) is 19.6. The molecular formula is C27H34N6. The number of aryl methyl sites for hydroxylation is 1. The third-order valence-corrected chi connectivity index (χ3v) is 6.98. The molecule has 0 spiro atoms. The van der Waals surface area contributed by atoms with Crippen LogP contribution in [-0.4, -0.2) is 41.2 Å². The van der Waals surface area contributed by atoms with E-state index in [0.717, 1.165) is 54.5 Å². The lowest BCUT2D eigenvalue weighted by atomic mass is 9.86. The molecule has 0 saturated heterocycles. The van der Waals surface area contributed by atoms with Crippen LogP contribution in [0.1, 0.15) is 31.4 Å². The van der Waals surface area contributed by atoms with Gasteiger partial charge in [-0.25, -0.2) is 4.98 Å². The summed E-state index contributed by atoms with van der Waals surface area (Å²) in [4.78, 5) is 11.7. The highest BCUT2D eigenvalue weighted by Gasteiger charge is 2.22. The van der Waals surface area contributed by atoms with E-state index in [4.69, 9.17) is 9.97 Å². The summed E-state index contributed by atoms with van der Waals surface area (Å²) in [5, 5.41) is 9.73. The van der Waals surface area contributed by atoms with E-state index in [1.807, 2.05) is 26.2 Å². The molecule has 1 aliphatic rings. The first-order valence-electron chi connectivity index (χ1n) is 12.0. The van der Waals surface area contributed by atoms with Crippen molar-refractivity contribution in [2.75, 3.05) is 30.9 Å². The molecule has 2 aromatic carbocycles. The smallest absolute Gasteiger partial charge is 0.225 e. The molecule has 33 heavy (non-hydrogen) atoms. The predicted molar refractivity (Wildman–Crippen MR) is 138 cm³/mol. The van der Waals surface area contributed by atoms with Crippen molar-refractivity contribution in [3.8, 4) is 0 Å². The molecule has 0 radical (unpaired) electrons. The Morgan fingerprint density at radius 1 is 0.970 bits per heavy atom. The number of fused-ring (bicyclic) bond motifs is 2. The Morgan fingerprint density at radius 3 is 2.52 bits per heavy atom. The molecule has 0 amide bonds. The van der Waals surface area contributed by atoms with Crippen molar-refractivity contribution in [1.82, 2.24) is 19.9 Å². The molecule has 0 aliphatic heterocycles. The van der Waals surface area contributed by atoms with E-state index in [0.29, 0.717) is 6.04 Å². The Morgan fingerprint density at radius 2 is 1.73 bits per heavy atom. The summed E-state index contributed by atoms with van der Waals surface area (Å²) in [5.74, 6) is 2.44. The third kappa shape index (κ3) is 4.67. The summed E-state index contributed by atoms with van der Waals surface area (Å²) in [5.41, 5.74) is 3.64. The summed E-state index contributed by atoms with van der Waals surface area (Å²) < 4.78 is 2.30. The molecule has 0 bridgehead atoms. The number of nitrogens with one attached hydrogen (secondary N) is 2. The van der Waals surface area contributed by atoms with Crippen molar-refractivity contribution < 1.29 is 0 Å². The van der Waals surface area contributed by atoms with Crippen LogP contribution in [0.4, 0.5) is 11.8 Å². The van der Waals surface area contributed by atoms with Crippen molar-refractivity contribution in [3.63, 3.8) is 0 Å². The van der Waals surface area contributed by atoms with Crippen molar-refractivity contribution >= 4 is 33.6 Å². The molecule has 2 N–H and O–H groups in total. The minimum Gasteiger partial charge on any atom is -0.362 e. The summed E-state index contributed by atoms with van der Waals surface area (Å²) in [7, 11) is 6.23. The highest BCUT2D eigenvalue weighted by atomic mass is 15.2. The quantitative estimate of drug-likeness (QED) is 0.424. The van der Waals surface area contributed by atoms with Gasteiger partial charge in [0.05, 0.1) is 5.52 Å². The van der Waals surface area contributed by atoms with E-state index in [-0.39, 0.29) is 0 Å². The Balaban J connectivity index is 1.14. The minimum absolute atomic E-state index is 0.440. The lowest BCUT2D eigenvalue weighted by Crippen LogP contribution is -2.32. The predicted octanol–water partition coefficient (Wildman–Crippen LogP) is 4.95. The number of para-hydroxylation sites is 2. The molecule has 2 aromatic heterocycles. The Kier molecular flexibility index (Phi) is 6.18. The molecule has 4 aromatic rings. The van der Waals surface area contributed by atoms with Gasteiger partial charge < -0.3 is 20.1 Å². The molecule has 6 heteroatoms. The van der Waals surface area contributed by atoms with Crippen LogP contribution in [0.15, 0.2) is 54.6 Å². The molecule has 172 valence electrons. The summed E-state index contributed by atoms with van der Waals surface area (Å²) in [6.45, 7) is 1.99. The molecule has 2 heterocycles. The second-order valence-corrected chi connectivity index (χ2v) is 9.53. The van der Waals surface area contributed by atoms with Crippen LogP contribution in [0.25, 0.3) is 21.8 Å². The maximum Gasteiger partial charge on any atom is 0.225 e. The largest absolute Gasteiger partial charge is 0.362 e. The Labute approximate surface area is 196 Å². The average Bonchev–Trinajstić information content (AvgIpc) is 3.15. The summed E-state index contributed by atoms with van der Waals surface area (Å²) >= 11 is 0. The van der Waals surface area contributed by atoms with E-state index in [1.165, 1.54) is 29.4 Å². The number of hydrogen-bond acceptors (Lipinski definition) is 5. The molecule has 0 unspecified atom stereocenters. The zero-order chi connectivity index (χ0) is 22.8. The van der Waals surface area contributed by atoms with Gasteiger partial charge >= 0.3 is 0 Å². The number of aromatic nitrogens is 3. The highest BCUT2D eigenvalue weighted by molar-refractivity contribution is 5.90. The third-order valence-electron chi connectivity index (χ3n) is 6.98. The van der Waals surface area contributed by atoms with Gasteiger partial charge in [-0.3, -0.25) is 0 Å². The maximum atomic E-state index is 4.81. The van der Waals surface area contributed by atoms with Gasteiger partial charge in [0, 0.05) is 50.3 Å². The van der Waals surface area contributed by atoms with Gasteiger partial charge in [-0.2, -0.15) is 4.98 Å². The monoisotopic (exact) mass is 442 g/mol. The van der Waals surface area contributed by atoms with Gasteiger partial charge in [0.15, 0.2) is 0 Å². The molecule has 1 fully saturated rings. The van der Waals surface area contributed by atoms with Crippen LogP contribution in [0.2, 0.25) is 0 Å². The van der Waals surface area contributed by atoms with Gasteiger partial charge in [-0.1, -0.05) is 30.3 Å². The fourth-order valence-electron chi connectivity index (χ4n) is 5.08. The number of nitrogens with zero attached hydrogens (tertiary/aromatic N) is 4. The van der Waals surface area contributed by atoms with Gasteiger partial charge in [0.1, 0.15) is 5.82 Å². The van der Waals surface area contributed by atoms with Crippen LogP contribution >= 0.6 is 0 Å². The maximum absolute atomic E-state index is 4.81. The normalized spacial score (nSPS) is 18.6. The lowest BCUT2D eigenvalue weighted by Gasteiger charge is -2.29.